The third-order valence-corrected chi connectivity index (χ3v) is 4.46. The normalized spacial score (nSPS) is 12.0. The van der Waals surface area contributed by atoms with E-state index in [1.54, 1.807) is 30.0 Å². The quantitative estimate of drug-likeness (QED) is 0.585. The first kappa shape index (κ1) is 20.0. The van der Waals surface area contributed by atoms with Crippen molar-refractivity contribution in [3.8, 4) is 23.0 Å². The van der Waals surface area contributed by atoms with Crippen LogP contribution in [0.15, 0.2) is 46.9 Å². The number of aromatic nitrogens is 2. The molecule has 0 aliphatic heterocycles. The van der Waals surface area contributed by atoms with Crippen LogP contribution < -0.4 is 14.4 Å². The molecule has 0 aliphatic rings. The third kappa shape index (κ3) is 4.58. The van der Waals surface area contributed by atoms with Gasteiger partial charge in [0, 0.05) is 5.56 Å². The first-order chi connectivity index (χ1) is 13.5. The number of nitrogens with one attached hydrogen (secondary N) is 1. The first-order valence-electron chi connectivity index (χ1n) is 8.95. The van der Waals surface area contributed by atoms with Crippen LogP contribution in [0.5, 0.6) is 11.5 Å². The van der Waals surface area contributed by atoms with E-state index in [0.29, 0.717) is 31.1 Å². The minimum Gasteiger partial charge on any atom is -0.493 e. The van der Waals surface area contributed by atoms with E-state index >= 15 is 0 Å². The number of hydrogen-bond acceptors (Lipinski definition) is 5. The molecule has 0 saturated carbocycles. The monoisotopic (exact) mass is 404 g/mol. The van der Waals surface area contributed by atoms with Gasteiger partial charge in [-0.25, -0.2) is 4.39 Å². The molecule has 148 valence electrons. The Bertz CT molecular complexity index is 1000. The summed E-state index contributed by atoms with van der Waals surface area (Å²) in [6.07, 6.45) is 0. The fraction of sp³-hybridized carbons (Fsp3) is 0.300. The van der Waals surface area contributed by atoms with Crippen LogP contribution in [0.2, 0.25) is 0 Å². The second kappa shape index (κ2) is 8.99. The Balaban J connectivity index is 1.73. The summed E-state index contributed by atoms with van der Waals surface area (Å²) in [5, 5.41) is 4.33. The average Bonchev–Trinajstić information content (AvgIpc) is 3.03. The smallest absolute Gasteiger partial charge is 0.292 e. The first-order valence-corrected chi connectivity index (χ1v) is 9.36. The van der Waals surface area contributed by atoms with E-state index in [0.717, 1.165) is 16.2 Å². The van der Waals surface area contributed by atoms with Gasteiger partial charge < -0.3 is 18.8 Å². The van der Waals surface area contributed by atoms with Gasteiger partial charge in [0.25, 0.3) is 4.84 Å². The summed E-state index contributed by atoms with van der Waals surface area (Å²) in [7, 11) is 3.64. The predicted octanol–water partition coefficient (Wildman–Crippen LogP) is 3.09. The molecule has 28 heavy (non-hydrogen) atoms. The summed E-state index contributed by atoms with van der Waals surface area (Å²) in [6.45, 7) is 3.71. The van der Waals surface area contributed by atoms with Crippen LogP contribution in [0.4, 0.5) is 4.39 Å². The molecule has 1 N–H and O–H groups in total. The van der Waals surface area contributed by atoms with Crippen molar-refractivity contribution in [3.63, 3.8) is 0 Å². The van der Waals surface area contributed by atoms with E-state index in [9.17, 15) is 4.39 Å². The number of methoxy groups -OCH3 is 1. The topological polar surface area (TPSA) is 53.9 Å². The highest BCUT2D eigenvalue weighted by Crippen LogP contribution is 2.27. The number of hydrogen-bond donors (Lipinski definition) is 1. The molecule has 3 aromatic rings. The van der Waals surface area contributed by atoms with Gasteiger partial charge in [-0.1, -0.05) is 12.1 Å². The Morgan fingerprint density at radius 3 is 2.71 bits per heavy atom. The van der Waals surface area contributed by atoms with Crippen molar-refractivity contribution >= 4 is 12.2 Å². The van der Waals surface area contributed by atoms with Gasteiger partial charge in [0.1, 0.15) is 12.4 Å². The second-order valence-corrected chi connectivity index (χ2v) is 6.71. The lowest BCUT2D eigenvalue weighted by Gasteiger charge is -2.15. The van der Waals surface area contributed by atoms with Gasteiger partial charge >= 0.3 is 0 Å². The highest BCUT2D eigenvalue weighted by Gasteiger charge is 2.15. The van der Waals surface area contributed by atoms with Crippen LogP contribution in [0.3, 0.4) is 0 Å². The minimum atomic E-state index is -0.395. The summed E-state index contributed by atoms with van der Waals surface area (Å²) in [5.74, 6) is 1.21. The maximum Gasteiger partial charge on any atom is 0.292 e. The lowest BCUT2D eigenvalue weighted by atomic mass is 10.2. The highest BCUT2D eigenvalue weighted by atomic mass is 32.1. The van der Waals surface area contributed by atoms with Gasteiger partial charge in [-0.2, -0.15) is 4.68 Å². The Kier molecular flexibility index (Phi) is 6.43. The van der Waals surface area contributed by atoms with Gasteiger partial charge in [-0.15, -0.1) is 5.10 Å². The molecule has 8 heteroatoms. The van der Waals surface area contributed by atoms with Crippen LogP contribution in [-0.4, -0.2) is 30.5 Å². The molecule has 1 aromatic heterocycles. The van der Waals surface area contributed by atoms with Crippen molar-refractivity contribution in [2.24, 2.45) is 0 Å². The molecular formula is C20H23FN3O3S+. The second-order valence-electron chi connectivity index (χ2n) is 6.36. The van der Waals surface area contributed by atoms with Crippen molar-refractivity contribution in [3.05, 3.63) is 58.7 Å². The number of rotatable bonds is 8. The standard InChI is InChI=1S/C20H22FN3O3S/c1-4-26-17-10-9-14(11-18(17)25-3)12-23(2)13-24-20(28)27-19(22-24)15-7-5-6-8-16(15)21/h5-11H,4,12-13H2,1-3H3/p+1. The molecular weight excluding hydrogens is 381 g/mol. The van der Waals surface area contributed by atoms with Gasteiger partial charge in [0.05, 0.1) is 26.3 Å². The highest BCUT2D eigenvalue weighted by molar-refractivity contribution is 7.71. The van der Waals surface area contributed by atoms with Crippen molar-refractivity contribution in [2.75, 3.05) is 20.8 Å². The van der Waals surface area contributed by atoms with Crippen LogP contribution in [0.25, 0.3) is 11.5 Å². The van der Waals surface area contributed by atoms with Crippen LogP contribution >= 0.6 is 12.2 Å². The molecule has 0 aliphatic carbocycles. The summed E-state index contributed by atoms with van der Waals surface area (Å²) < 4.78 is 32.0. The molecule has 1 heterocycles. The van der Waals surface area contributed by atoms with Crippen LogP contribution in [0.1, 0.15) is 12.5 Å². The summed E-state index contributed by atoms with van der Waals surface area (Å²) in [6, 6.07) is 12.2. The van der Waals surface area contributed by atoms with E-state index in [4.69, 9.17) is 26.1 Å². The lowest BCUT2D eigenvalue weighted by Crippen LogP contribution is -3.07. The Labute approximate surface area is 168 Å². The van der Waals surface area contributed by atoms with Gasteiger partial charge in [-0.3, -0.25) is 0 Å². The molecule has 0 bridgehead atoms. The summed E-state index contributed by atoms with van der Waals surface area (Å²) in [5.41, 5.74) is 1.38. The Hall–Kier alpha value is -2.71. The Morgan fingerprint density at radius 1 is 1.21 bits per heavy atom. The van der Waals surface area contributed by atoms with Gasteiger partial charge in [-0.05, 0) is 49.5 Å². The number of quaternary nitrogens is 1. The largest absolute Gasteiger partial charge is 0.493 e. The number of benzene rings is 2. The molecule has 6 nitrogen and oxygen atoms in total. The lowest BCUT2D eigenvalue weighted by molar-refractivity contribution is -0.917. The minimum absolute atomic E-state index is 0.179. The summed E-state index contributed by atoms with van der Waals surface area (Å²) >= 11 is 5.25. The molecule has 2 aromatic carbocycles. The van der Waals surface area contributed by atoms with Crippen LogP contribution in [0, 0.1) is 10.7 Å². The fourth-order valence-corrected chi connectivity index (χ4v) is 3.09. The Morgan fingerprint density at radius 2 is 2.00 bits per heavy atom. The SMILES string of the molecule is CCOc1ccc(C[NH+](C)Cn2nc(-c3ccccc3F)oc2=S)cc1OC. The zero-order chi connectivity index (χ0) is 20.1. The molecule has 0 radical (unpaired) electrons. The molecule has 0 spiro atoms. The zero-order valence-electron chi connectivity index (χ0n) is 16.1. The third-order valence-electron chi connectivity index (χ3n) is 4.16. The maximum absolute atomic E-state index is 14.0. The number of halogens is 1. The number of nitrogens with zero attached hydrogens (tertiary/aromatic N) is 2. The number of ether oxygens (including phenoxy) is 2. The predicted molar refractivity (Wildman–Crippen MR) is 105 cm³/mol. The van der Waals surface area contributed by atoms with E-state index in [1.807, 2.05) is 32.2 Å². The summed E-state index contributed by atoms with van der Waals surface area (Å²) in [4.78, 5) is 1.33. The van der Waals surface area contributed by atoms with Crippen LogP contribution in [-0.2, 0) is 13.2 Å². The molecule has 1 atom stereocenters. The van der Waals surface area contributed by atoms with Gasteiger partial charge in [0.2, 0.25) is 5.89 Å². The molecule has 3 rings (SSSR count). The molecule has 1 unspecified atom stereocenters. The molecule has 0 amide bonds. The van der Waals surface area contributed by atoms with Crippen molar-refractivity contribution in [1.29, 1.82) is 0 Å². The average molecular weight is 404 g/mol. The molecule has 0 saturated heterocycles. The van der Waals surface area contributed by atoms with Crippen molar-refractivity contribution < 1.29 is 23.2 Å². The van der Waals surface area contributed by atoms with Crippen molar-refractivity contribution in [2.45, 2.75) is 20.1 Å². The van der Waals surface area contributed by atoms with E-state index in [2.05, 4.69) is 5.10 Å². The van der Waals surface area contributed by atoms with E-state index in [1.165, 1.54) is 6.07 Å². The zero-order valence-corrected chi connectivity index (χ0v) is 16.9. The van der Waals surface area contributed by atoms with Gasteiger partial charge in [0.15, 0.2) is 18.2 Å². The molecule has 0 fully saturated rings. The van der Waals surface area contributed by atoms with Crippen molar-refractivity contribution in [1.82, 2.24) is 9.78 Å². The fourth-order valence-electron chi connectivity index (χ4n) is 2.91. The maximum atomic E-state index is 14.0. The van der Waals surface area contributed by atoms with E-state index < -0.39 is 5.82 Å². The van der Waals surface area contributed by atoms with E-state index in [-0.39, 0.29) is 10.7 Å².